The van der Waals surface area contributed by atoms with Crippen molar-refractivity contribution >= 4 is 29.0 Å². The summed E-state index contributed by atoms with van der Waals surface area (Å²) >= 11 is 5.48. The van der Waals surface area contributed by atoms with Crippen LogP contribution in [0.4, 0.5) is 5.69 Å². The topological polar surface area (TPSA) is 68.8 Å². The minimum atomic E-state index is -0.331. The van der Waals surface area contributed by atoms with Gasteiger partial charge in [0.25, 0.3) is 0 Å². The van der Waals surface area contributed by atoms with Crippen LogP contribution in [0.2, 0.25) is 0 Å². The summed E-state index contributed by atoms with van der Waals surface area (Å²) in [5.74, 6) is 1.12. The lowest BCUT2D eigenvalue weighted by Gasteiger charge is -2.20. The molecular weight excluding hydrogens is 400 g/mol. The van der Waals surface area contributed by atoms with Gasteiger partial charge >= 0.3 is 5.97 Å². The van der Waals surface area contributed by atoms with Crippen molar-refractivity contribution in [2.45, 2.75) is 40.7 Å². The Morgan fingerprint density at radius 1 is 1.00 bits per heavy atom. The van der Waals surface area contributed by atoms with Gasteiger partial charge in [0.2, 0.25) is 0 Å². The zero-order chi connectivity index (χ0) is 22.1. The lowest BCUT2D eigenvalue weighted by Crippen LogP contribution is -2.31. The van der Waals surface area contributed by atoms with Crippen molar-refractivity contribution in [3.8, 4) is 11.5 Å². The Morgan fingerprint density at radius 3 is 2.33 bits per heavy atom. The number of hydrogen-bond donors (Lipinski definition) is 2. The molecule has 0 saturated carbocycles. The lowest BCUT2D eigenvalue weighted by molar-refractivity contribution is 0.0526. The summed E-state index contributed by atoms with van der Waals surface area (Å²) in [6.07, 6.45) is 0. The molecule has 0 heterocycles. The first-order valence-electron chi connectivity index (χ1n) is 10.1. The number of ether oxygens (including phenoxy) is 3. The van der Waals surface area contributed by atoms with E-state index in [1.54, 1.807) is 19.1 Å². The van der Waals surface area contributed by atoms with Gasteiger partial charge in [-0.1, -0.05) is 6.07 Å². The monoisotopic (exact) mass is 430 g/mol. The molecule has 0 bridgehead atoms. The average Bonchev–Trinajstić information content (AvgIpc) is 2.71. The fourth-order valence-electron chi connectivity index (χ4n) is 2.92. The molecule has 6 nitrogen and oxygen atoms in total. The second-order valence-electron chi connectivity index (χ2n) is 6.64. The molecule has 7 heteroatoms. The minimum absolute atomic E-state index is 0.0426. The maximum absolute atomic E-state index is 11.9. The number of nitrogens with one attached hydrogen (secondary N) is 2. The van der Waals surface area contributed by atoms with E-state index in [-0.39, 0.29) is 12.0 Å². The highest BCUT2D eigenvalue weighted by Gasteiger charge is 2.13. The summed E-state index contributed by atoms with van der Waals surface area (Å²) in [5, 5.41) is 6.96. The third-order valence-corrected chi connectivity index (χ3v) is 4.62. The summed E-state index contributed by atoms with van der Waals surface area (Å²) < 4.78 is 16.4. The summed E-state index contributed by atoms with van der Waals surface area (Å²) in [6, 6.07) is 11.2. The molecule has 0 radical (unpaired) electrons. The number of esters is 1. The molecule has 162 valence electrons. The second-order valence-corrected chi connectivity index (χ2v) is 7.05. The van der Waals surface area contributed by atoms with Gasteiger partial charge in [-0.25, -0.2) is 4.79 Å². The molecule has 2 aromatic carbocycles. The van der Waals surface area contributed by atoms with Crippen molar-refractivity contribution in [2.24, 2.45) is 0 Å². The molecule has 30 heavy (non-hydrogen) atoms. The van der Waals surface area contributed by atoms with Crippen LogP contribution in [-0.4, -0.2) is 30.9 Å². The molecule has 0 spiro atoms. The molecule has 0 aliphatic rings. The number of carbonyl (C=O) groups excluding carboxylic acids is 1. The molecule has 0 aliphatic heterocycles. The fourth-order valence-corrected chi connectivity index (χ4v) is 3.21. The molecule has 2 rings (SSSR count). The molecule has 0 fully saturated rings. The molecule has 0 aromatic heterocycles. The minimum Gasteiger partial charge on any atom is -0.490 e. The van der Waals surface area contributed by atoms with Gasteiger partial charge in [0.05, 0.1) is 31.4 Å². The third-order valence-electron chi connectivity index (χ3n) is 4.40. The van der Waals surface area contributed by atoms with Crippen LogP contribution in [0.25, 0.3) is 0 Å². The standard InChI is InChI=1S/C23H30N2O4S/c1-6-27-20-12-10-17(14-21(20)28-7-2)16(5)24-23(30)25-19-11-9-18(13-15(19)4)22(26)29-8-3/h9-14,16H,6-8H2,1-5H3,(H2,24,25,30)/t16-/m1/s1. The van der Waals surface area contributed by atoms with E-state index in [0.717, 1.165) is 28.3 Å². The van der Waals surface area contributed by atoms with Crippen molar-refractivity contribution in [3.63, 3.8) is 0 Å². The van der Waals surface area contributed by atoms with E-state index in [4.69, 9.17) is 26.4 Å². The average molecular weight is 431 g/mol. The molecule has 0 amide bonds. The van der Waals surface area contributed by atoms with Crippen LogP contribution >= 0.6 is 12.2 Å². The van der Waals surface area contributed by atoms with Crippen molar-refractivity contribution in [2.75, 3.05) is 25.1 Å². The summed E-state index contributed by atoms with van der Waals surface area (Å²) in [7, 11) is 0. The smallest absolute Gasteiger partial charge is 0.338 e. The molecule has 2 N–H and O–H groups in total. The zero-order valence-electron chi connectivity index (χ0n) is 18.2. The van der Waals surface area contributed by atoms with Crippen LogP contribution < -0.4 is 20.1 Å². The van der Waals surface area contributed by atoms with Crippen molar-refractivity contribution in [1.82, 2.24) is 5.32 Å². The first kappa shape index (κ1) is 23.5. The van der Waals surface area contributed by atoms with Crippen LogP contribution in [0.5, 0.6) is 11.5 Å². The number of rotatable bonds is 9. The Hall–Kier alpha value is -2.80. The Kier molecular flexibility index (Phi) is 8.92. The number of thiocarbonyl (C=S) groups is 1. The van der Waals surface area contributed by atoms with Gasteiger partial charge in [0, 0.05) is 5.69 Å². The Balaban J connectivity index is 2.05. The largest absolute Gasteiger partial charge is 0.490 e. The zero-order valence-corrected chi connectivity index (χ0v) is 19.0. The first-order valence-corrected chi connectivity index (χ1v) is 10.5. The summed E-state index contributed by atoms with van der Waals surface area (Å²) in [6.45, 7) is 11.1. The highest BCUT2D eigenvalue weighted by atomic mass is 32.1. The normalized spacial score (nSPS) is 11.4. The SMILES string of the molecule is CCOC(=O)c1ccc(NC(=S)N[C@H](C)c2ccc(OCC)c(OCC)c2)c(C)c1. The Bertz CT molecular complexity index is 886. The van der Waals surface area contributed by atoms with E-state index < -0.39 is 0 Å². The van der Waals surface area contributed by atoms with E-state index in [9.17, 15) is 4.79 Å². The molecule has 2 aromatic rings. The predicted octanol–water partition coefficient (Wildman–Crippen LogP) is 5.02. The first-order chi connectivity index (χ1) is 14.4. The lowest BCUT2D eigenvalue weighted by atomic mass is 10.1. The highest BCUT2D eigenvalue weighted by Crippen LogP contribution is 2.30. The Labute approximate surface area is 183 Å². The van der Waals surface area contributed by atoms with E-state index in [2.05, 4.69) is 10.6 Å². The van der Waals surface area contributed by atoms with Crippen molar-refractivity contribution in [3.05, 3.63) is 53.1 Å². The molecule has 0 unspecified atom stereocenters. The van der Waals surface area contributed by atoms with Crippen LogP contribution in [0.1, 0.15) is 55.2 Å². The Morgan fingerprint density at radius 2 is 1.70 bits per heavy atom. The number of carbonyl (C=O) groups is 1. The molecule has 0 aliphatic carbocycles. The van der Waals surface area contributed by atoms with Gasteiger partial charge in [-0.2, -0.15) is 0 Å². The van der Waals surface area contributed by atoms with Crippen LogP contribution in [-0.2, 0) is 4.74 Å². The second kappa shape index (κ2) is 11.4. The fraction of sp³-hybridized carbons (Fsp3) is 0.391. The maximum Gasteiger partial charge on any atom is 0.338 e. The van der Waals surface area contributed by atoms with Crippen LogP contribution in [0, 0.1) is 6.92 Å². The van der Waals surface area contributed by atoms with Gasteiger partial charge < -0.3 is 24.8 Å². The summed E-state index contributed by atoms with van der Waals surface area (Å²) in [5.41, 5.74) is 3.27. The molecule has 0 saturated heterocycles. The van der Waals surface area contributed by atoms with Gasteiger partial charge in [-0.15, -0.1) is 0 Å². The van der Waals surface area contributed by atoms with Gasteiger partial charge in [0.15, 0.2) is 16.6 Å². The number of benzene rings is 2. The van der Waals surface area contributed by atoms with Gasteiger partial charge in [-0.3, -0.25) is 0 Å². The summed E-state index contributed by atoms with van der Waals surface area (Å²) in [4.78, 5) is 11.9. The van der Waals surface area contributed by atoms with Crippen LogP contribution in [0.3, 0.4) is 0 Å². The van der Waals surface area contributed by atoms with E-state index in [1.165, 1.54) is 0 Å². The van der Waals surface area contributed by atoms with Crippen LogP contribution in [0.15, 0.2) is 36.4 Å². The highest BCUT2D eigenvalue weighted by molar-refractivity contribution is 7.80. The number of hydrogen-bond acceptors (Lipinski definition) is 5. The van der Waals surface area contributed by atoms with Crippen molar-refractivity contribution < 1.29 is 19.0 Å². The molecular formula is C23H30N2O4S. The van der Waals surface area contributed by atoms with Gasteiger partial charge in [-0.05, 0) is 88.3 Å². The number of anilines is 1. The van der Waals surface area contributed by atoms with Gasteiger partial charge in [0.1, 0.15) is 0 Å². The quantitative estimate of drug-likeness (QED) is 0.428. The predicted molar refractivity (Wildman–Crippen MR) is 124 cm³/mol. The maximum atomic E-state index is 11.9. The van der Waals surface area contributed by atoms with E-state index in [0.29, 0.717) is 30.5 Å². The van der Waals surface area contributed by atoms with Crippen molar-refractivity contribution in [1.29, 1.82) is 0 Å². The number of aryl methyl sites for hydroxylation is 1. The van der Waals surface area contributed by atoms with E-state index in [1.807, 2.05) is 52.0 Å². The third kappa shape index (κ3) is 6.35. The molecule has 1 atom stereocenters. The van der Waals surface area contributed by atoms with E-state index >= 15 is 0 Å².